The molecule has 0 amide bonds. The van der Waals surface area contributed by atoms with Crippen LogP contribution in [0.5, 0.6) is 0 Å². The fourth-order valence-corrected chi connectivity index (χ4v) is 2.77. The van der Waals surface area contributed by atoms with Gasteiger partial charge in [0.25, 0.3) is 0 Å². The minimum Gasteiger partial charge on any atom is -0.453 e. The molecule has 2 aromatic carbocycles. The lowest BCUT2D eigenvalue weighted by Crippen LogP contribution is -1.75. The molecule has 4 aromatic rings. The van der Waals surface area contributed by atoms with Gasteiger partial charge in [-0.25, -0.2) is 4.98 Å². The third kappa shape index (κ3) is 2.45. The van der Waals surface area contributed by atoms with Crippen molar-refractivity contribution in [1.82, 2.24) is 9.97 Å². The molecule has 5 heteroatoms. The molecular weight excluding hydrogens is 364 g/mol. The zero-order valence-electron chi connectivity index (χ0n) is 11.3. The summed E-state index contributed by atoms with van der Waals surface area (Å²) in [6.07, 6.45) is 0. The molecular formula is C17H10BrClN2O. The number of halogens is 2. The monoisotopic (exact) mass is 372 g/mol. The van der Waals surface area contributed by atoms with E-state index in [-0.39, 0.29) is 0 Å². The van der Waals surface area contributed by atoms with Crippen molar-refractivity contribution in [3.63, 3.8) is 0 Å². The van der Waals surface area contributed by atoms with E-state index in [0.717, 1.165) is 26.8 Å². The quantitative estimate of drug-likeness (QED) is 0.475. The van der Waals surface area contributed by atoms with Crippen LogP contribution in [0.2, 0.25) is 5.02 Å². The van der Waals surface area contributed by atoms with Gasteiger partial charge in [-0.05, 0) is 42.5 Å². The van der Waals surface area contributed by atoms with Gasteiger partial charge in [0, 0.05) is 15.1 Å². The molecule has 0 saturated carbocycles. The van der Waals surface area contributed by atoms with Gasteiger partial charge < -0.3 is 9.40 Å². The number of aromatic amines is 1. The average Bonchev–Trinajstić information content (AvgIpc) is 3.13. The van der Waals surface area contributed by atoms with Gasteiger partial charge in [0.05, 0.1) is 11.0 Å². The Morgan fingerprint density at radius 1 is 0.955 bits per heavy atom. The van der Waals surface area contributed by atoms with Crippen LogP contribution in [-0.4, -0.2) is 9.97 Å². The molecule has 1 N–H and O–H groups in total. The molecule has 0 spiro atoms. The number of rotatable bonds is 2. The number of hydrogen-bond acceptors (Lipinski definition) is 2. The summed E-state index contributed by atoms with van der Waals surface area (Å²) in [5.41, 5.74) is 2.78. The van der Waals surface area contributed by atoms with Crippen molar-refractivity contribution < 1.29 is 4.42 Å². The first kappa shape index (κ1) is 13.6. The first-order valence-corrected chi connectivity index (χ1v) is 7.87. The van der Waals surface area contributed by atoms with E-state index in [1.54, 1.807) is 0 Å². The van der Waals surface area contributed by atoms with Crippen LogP contribution in [0.3, 0.4) is 0 Å². The smallest absolute Gasteiger partial charge is 0.174 e. The second kappa shape index (κ2) is 5.30. The molecule has 0 saturated heterocycles. The normalized spacial score (nSPS) is 11.2. The summed E-state index contributed by atoms with van der Waals surface area (Å²) >= 11 is 9.42. The van der Waals surface area contributed by atoms with E-state index in [4.69, 9.17) is 16.0 Å². The minimum absolute atomic E-state index is 0.678. The Balaban J connectivity index is 1.74. The van der Waals surface area contributed by atoms with Crippen LogP contribution < -0.4 is 0 Å². The molecule has 3 nitrogen and oxygen atoms in total. The summed E-state index contributed by atoms with van der Waals surface area (Å²) in [7, 11) is 0. The van der Waals surface area contributed by atoms with Crippen molar-refractivity contribution >= 4 is 38.6 Å². The molecule has 0 bridgehead atoms. The van der Waals surface area contributed by atoms with Gasteiger partial charge in [0.1, 0.15) is 5.76 Å². The van der Waals surface area contributed by atoms with Crippen molar-refractivity contribution in [1.29, 1.82) is 0 Å². The number of benzene rings is 2. The first-order valence-electron chi connectivity index (χ1n) is 6.70. The molecule has 0 aliphatic carbocycles. The number of nitrogens with one attached hydrogen (secondary N) is 1. The SMILES string of the molecule is Clc1ccc2nc(-c3ccc(-c4ccc(Br)cc4)o3)[nH]c2c1. The van der Waals surface area contributed by atoms with Gasteiger partial charge in [-0.3, -0.25) is 0 Å². The Labute approximate surface area is 140 Å². The maximum atomic E-state index is 6.00. The van der Waals surface area contributed by atoms with Crippen molar-refractivity contribution in [3.05, 3.63) is 64.1 Å². The van der Waals surface area contributed by atoms with Gasteiger partial charge in [0.2, 0.25) is 0 Å². The topological polar surface area (TPSA) is 41.8 Å². The predicted octanol–water partition coefficient (Wildman–Crippen LogP) is 5.91. The maximum absolute atomic E-state index is 6.00. The van der Waals surface area contributed by atoms with Crippen molar-refractivity contribution in [3.8, 4) is 22.9 Å². The zero-order valence-corrected chi connectivity index (χ0v) is 13.6. The highest BCUT2D eigenvalue weighted by Crippen LogP contribution is 2.29. The lowest BCUT2D eigenvalue weighted by molar-refractivity contribution is 0.593. The molecule has 108 valence electrons. The van der Waals surface area contributed by atoms with Gasteiger partial charge in [0.15, 0.2) is 11.6 Å². The minimum atomic E-state index is 0.678. The summed E-state index contributed by atoms with van der Waals surface area (Å²) in [6.45, 7) is 0. The molecule has 0 aliphatic rings. The average molecular weight is 374 g/mol. The maximum Gasteiger partial charge on any atom is 0.174 e. The van der Waals surface area contributed by atoms with E-state index < -0.39 is 0 Å². The largest absolute Gasteiger partial charge is 0.453 e. The third-order valence-electron chi connectivity index (χ3n) is 3.41. The van der Waals surface area contributed by atoms with E-state index in [1.165, 1.54) is 0 Å². The highest BCUT2D eigenvalue weighted by molar-refractivity contribution is 9.10. The molecule has 2 heterocycles. The van der Waals surface area contributed by atoms with E-state index in [2.05, 4.69) is 25.9 Å². The number of H-pyrrole nitrogens is 1. The summed E-state index contributed by atoms with van der Waals surface area (Å²) < 4.78 is 6.95. The van der Waals surface area contributed by atoms with Gasteiger partial charge in [-0.2, -0.15) is 0 Å². The summed E-state index contributed by atoms with van der Waals surface area (Å²) in [6, 6.07) is 17.4. The number of aromatic nitrogens is 2. The van der Waals surface area contributed by atoms with Crippen LogP contribution in [0.1, 0.15) is 0 Å². The van der Waals surface area contributed by atoms with Gasteiger partial charge >= 0.3 is 0 Å². The summed E-state index contributed by atoms with van der Waals surface area (Å²) in [5.74, 6) is 2.20. The second-order valence-corrected chi connectivity index (χ2v) is 6.27. The van der Waals surface area contributed by atoms with Crippen molar-refractivity contribution in [2.45, 2.75) is 0 Å². The molecule has 0 aliphatic heterocycles. The number of hydrogen-bond donors (Lipinski definition) is 1. The Kier molecular flexibility index (Phi) is 3.28. The summed E-state index contributed by atoms with van der Waals surface area (Å²) in [5, 5.41) is 0.678. The van der Waals surface area contributed by atoms with E-state index in [9.17, 15) is 0 Å². The molecule has 4 rings (SSSR count). The second-order valence-electron chi connectivity index (χ2n) is 4.92. The molecule has 22 heavy (non-hydrogen) atoms. The van der Waals surface area contributed by atoms with Crippen molar-refractivity contribution in [2.24, 2.45) is 0 Å². The molecule has 0 unspecified atom stereocenters. The molecule has 2 aromatic heterocycles. The van der Waals surface area contributed by atoms with Crippen LogP contribution in [0, 0.1) is 0 Å². The van der Waals surface area contributed by atoms with Gasteiger partial charge in [-0.15, -0.1) is 0 Å². The zero-order chi connectivity index (χ0) is 15.1. The third-order valence-corrected chi connectivity index (χ3v) is 4.18. The number of imidazole rings is 1. The molecule has 0 radical (unpaired) electrons. The van der Waals surface area contributed by atoms with Crippen LogP contribution in [-0.2, 0) is 0 Å². The number of furan rings is 1. The Morgan fingerprint density at radius 2 is 1.73 bits per heavy atom. The number of fused-ring (bicyclic) bond motifs is 1. The molecule has 0 atom stereocenters. The Bertz CT molecular complexity index is 956. The van der Waals surface area contributed by atoms with Crippen molar-refractivity contribution in [2.75, 3.05) is 0 Å². The fourth-order valence-electron chi connectivity index (χ4n) is 2.33. The fraction of sp³-hybridized carbons (Fsp3) is 0. The van der Waals surface area contributed by atoms with E-state index >= 15 is 0 Å². The Hall–Kier alpha value is -2.04. The highest BCUT2D eigenvalue weighted by Gasteiger charge is 2.11. The van der Waals surface area contributed by atoms with Crippen LogP contribution >= 0.6 is 27.5 Å². The summed E-state index contributed by atoms with van der Waals surface area (Å²) in [4.78, 5) is 7.76. The van der Waals surface area contributed by atoms with E-state index in [0.29, 0.717) is 16.6 Å². The predicted molar refractivity (Wildman–Crippen MR) is 91.9 cm³/mol. The highest BCUT2D eigenvalue weighted by atomic mass is 79.9. The first-order chi connectivity index (χ1) is 10.7. The number of nitrogens with zero attached hydrogens (tertiary/aromatic N) is 1. The standard InChI is InChI=1S/C17H10BrClN2O/c18-11-3-1-10(2-4-11)15-7-8-16(22-15)17-20-13-6-5-12(19)9-14(13)21-17/h1-9H,(H,20,21). The van der Waals surface area contributed by atoms with Crippen LogP contribution in [0.15, 0.2) is 63.5 Å². The van der Waals surface area contributed by atoms with Gasteiger partial charge in [-0.1, -0.05) is 39.7 Å². The van der Waals surface area contributed by atoms with Crippen LogP contribution in [0.25, 0.3) is 33.9 Å². The lowest BCUT2D eigenvalue weighted by atomic mass is 10.2. The van der Waals surface area contributed by atoms with E-state index in [1.807, 2.05) is 54.6 Å². The lowest BCUT2D eigenvalue weighted by Gasteiger charge is -1.97. The van der Waals surface area contributed by atoms with Crippen LogP contribution in [0.4, 0.5) is 0 Å². The Morgan fingerprint density at radius 3 is 2.55 bits per heavy atom. The molecule has 0 fully saturated rings.